The molecule has 3 aromatic heterocycles. The van der Waals surface area contributed by atoms with E-state index in [0.29, 0.717) is 27.5 Å². The quantitative estimate of drug-likeness (QED) is 0.225. The zero-order chi connectivity index (χ0) is 25.4. The van der Waals surface area contributed by atoms with Gasteiger partial charge < -0.3 is 14.3 Å². The van der Waals surface area contributed by atoms with Crippen molar-refractivity contribution in [2.75, 3.05) is 11.1 Å². The second kappa shape index (κ2) is 9.80. The van der Waals surface area contributed by atoms with Gasteiger partial charge in [-0.25, -0.2) is 0 Å². The van der Waals surface area contributed by atoms with E-state index in [9.17, 15) is 4.79 Å². The van der Waals surface area contributed by atoms with Gasteiger partial charge >= 0.3 is 0 Å². The zero-order valence-corrected chi connectivity index (χ0v) is 21.5. The molecule has 0 aliphatic heterocycles. The first-order valence-electron chi connectivity index (χ1n) is 11.8. The van der Waals surface area contributed by atoms with Gasteiger partial charge in [0.2, 0.25) is 11.7 Å². The minimum Gasteiger partial charge on any atom is -0.461 e. The summed E-state index contributed by atoms with van der Waals surface area (Å²) in [4.78, 5) is 13.0. The lowest BCUT2D eigenvalue weighted by molar-refractivity contribution is -0.113. The van der Waals surface area contributed by atoms with E-state index in [-0.39, 0.29) is 11.7 Å². The third-order valence-electron chi connectivity index (χ3n) is 6.17. The number of fused-ring (bicyclic) bond motifs is 3. The highest BCUT2D eigenvalue weighted by molar-refractivity contribution is 7.99. The van der Waals surface area contributed by atoms with Crippen LogP contribution in [0, 0.1) is 0 Å². The fraction of sp³-hybridized carbons (Fsp3) is 0.107. The van der Waals surface area contributed by atoms with Gasteiger partial charge in [0.05, 0.1) is 22.7 Å². The highest BCUT2D eigenvalue weighted by atomic mass is 35.5. The summed E-state index contributed by atoms with van der Waals surface area (Å²) in [5.74, 6) is 1.08. The number of benzene rings is 3. The fourth-order valence-corrected chi connectivity index (χ4v) is 5.54. The van der Waals surface area contributed by atoms with Crippen molar-refractivity contribution in [1.29, 1.82) is 0 Å². The maximum atomic E-state index is 13.0. The van der Waals surface area contributed by atoms with Crippen LogP contribution in [0.3, 0.4) is 0 Å². The number of rotatable bonds is 7. The number of nitrogens with zero attached hydrogens (tertiary/aromatic N) is 4. The lowest BCUT2D eigenvalue weighted by Crippen LogP contribution is -2.14. The molecule has 3 aromatic carbocycles. The molecule has 0 aliphatic carbocycles. The van der Waals surface area contributed by atoms with Crippen LogP contribution in [0.25, 0.3) is 39.1 Å². The number of aryl methyl sites for hydroxylation is 1. The minimum atomic E-state index is -0.142. The van der Waals surface area contributed by atoms with Crippen LogP contribution in [0.4, 0.5) is 5.69 Å². The maximum Gasteiger partial charge on any atom is 0.234 e. The van der Waals surface area contributed by atoms with Crippen molar-refractivity contribution in [3.05, 3.63) is 90.1 Å². The molecule has 9 heteroatoms. The third kappa shape index (κ3) is 4.28. The number of para-hydroxylation sites is 2. The third-order valence-corrected chi connectivity index (χ3v) is 7.42. The molecule has 0 fully saturated rings. The molecule has 7 nitrogen and oxygen atoms in total. The molecular formula is C28H22ClN5O2S. The summed E-state index contributed by atoms with van der Waals surface area (Å²) in [6.45, 7) is 3.01. The Kier molecular flexibility index (Phi) is 6.20. The summed E-state index contributed by atoms with van der Waals surface area (Å²) in [5.41, 5.74) is 3.79. The largest absolute Gasteiger partial charge is 0.461 e. The Morgan fingerprint density at radius 2 is 1.78 bits per heavy atom. The molecule has 37 heavy (non-hydrogen) atoms. The van der Waals surface area contributed by atoms with Crippen molar-refractivity contribution in [2.24, 2.45) is 0 Å². The van der Waals surface area contributed by atoms with Crippen molar-refractivity contribution in [3.63, 3.8) is 0 Å². The van der Waals surface area contributed by atoms with Gasteiger partial charge in [-0.2, -0.15) is 0 Å². The molecule has 6 aromatic rings. The number of hydrogen-bond donors (Lipinski definition) is 1. The molecule has 3 heterocycles. The number of thioether (sulfide) groups is 1. The predicted octanol–water partition coefficient (Wildman–Crippen LogP) is 7.04. The summed E-state index contributed by atoms with van der Waals surface area (Å²) in [7, 11) is 0. The van der Waals surface area contributed by atoms with Crippen LogP contribution in [0.5, 0.6) is 0 Å². The van der Waals surface area contributed by atoms with E-state index in [2.05, 4.69) is 45.2 Å². The van der Waals surface area contributed by atoms with Gasteiger partial charge in [0.1, 0.15) is 0 Å². The molecule has 0 saturated heterocycles. The standard InChI is InChI=1S/C28H22ClN5O2S/c1-2-33-22-10-5-3-8-19(22)20-16-18(13-14-23(20)33)30-26(35)17-37-28-32-31-27(25-12-7-15-36-25)34(28)24-11-6-4-9-21(24)29/h3-16H,2,17H2,1H3,(H,30,35). The molecule has 6 rings (SSSR count). The molecule has 1 amide bonds. The second-order valence-electron chi connectivity index (χ2n) is 8.40. The van der Waals surface area contributed by atoms with Gasteiger partial charge in [0.25, 0.3) is 0 Å². The van der Waals surface area contributed by atoms with Crippen molar-refractivity contribution in [1.82, 2.24) is 19.3 Å². The number of anilines is 1. The van der Waals surface area contributed by atoms with E-state index in [4.69, 9.17) is 16.0 Å². The predicted molar refractivity (Wildman–Crippen MR) is 149 cm³/mol. The molecule has 0 saturated carbocycles. The number of hydrogen-bond acceptors (Lipinski definition) is 5. The van der Waals surface area contributed by atoms with E-state index < -0.39 is 0 Å². The van der Waals surface area contributed by atoms with Gasteiger partial charge in [0, 0.05) is 34.0 Å². The van der Waals surface area contributed by atoms with Crippen molar-refractivity contribution < 1.29 is 9.21 Å². The molecule has 0 atom stereocenters. The number of aromatic nitrogens is 4. The topological polar surface area (TPSA) is 77.9 Å². The van der Waals surface area contributed by atoms with Gasteiger partial charge in [-0.05, 0) is 55.5 Å². The number of nitrogens with one attached hydrogen (secondary N) is 1. The second-order valence-corrected chi connectivity index (χ2v) is 9.75. The summed E-state index contributed by atoms with van der Waals surface area (Å²) in [6, 6.07) is 25.4. The van der Waals surface area contributed by atoms with Crippen LogP contribution < -0.4 is 5.32 Å². The van der Waals surface area contributed by atoms with E-state index in [0.717, 1.165) is 23.1 Å². The Balaban J connectivity index is 1.26. The first kappa shape index (κ1) is 23.4. The number of amides is 1. The van der Waals surface area contributed by atoms with E-state index in [1.165, 1.54) is 22.7 Å². The number of halogens is 1. The van der Waals surface area contributed by atoms with Crippen LogP contribution in [-0.4, -0.2) is 31.0 Å². The smallest absolute Gasteiger partial charge is 0.234 e. The molecule has 0 unspecified atom stereocenters. The van der Waals surface area contributed by atoms with Crippen LogP contribution in [0.15, 0.2) is 94.7 Å². The average molecular weight is 528 g/mol. The summed E-state index contributed by atoms with van der Waals surface area (Å²) in [5, 5.41) is 15.0. The summed E-state index contributed by atoms with van der Waals surface area (Å²) < 4.78 is 9.65. The Morgan fingerprint density at radius 3 is 2.59 bits per heavy atom. The van der Waals surface area contributed by atoms with Gasteiger partial charge in [0.15, 0.2) is 10.9 Å². The lowest BCUT2D eigenvalue weighted by atomic mass is 10.1. The maximum absolute atomic E-state index is 13.0. The molecule has 0 radical (unpaired) electrons. The van der Waals surface area contributed by atoms with Crippen LogP contribution in [0.2, 0.25) is 5.02 Å². The molecule has 1 N–H and O–H groups in total. The van der Waals surface area contributed by atoms with Crippen molar-refractivity contribution in [3.8, 4) is 17.3 Å². The highest BCUT2D eigenvalue weighted by Crippen LogP contribution is 2.33. The van der Waals surface area contributed by atoms with Crippen LogP contribution in [0.1, 0.15) is 6.92 Å². The van der Waals surface area contributed by atoms with Gasteiger partial charge in [-0.1, -0.05) is 53.7 Å². The van der Waals surface area contributed by atoms with Crippen LogP contribution in [-0.2, 0) is 11.3 Å². The van der Waals surface area contributed by atoms with E-state index >= 15 is 0 Å². The summed E-state index contributed by atoms with van der Waals surface area (Å²) in [6.07, 6.45) is 1.58. The first-order chi connectivity index (χ1) is 18.1. The Morgan fingerprint density at radius 1 is 0.973 bits per heavy atom. The number of furan rings is 1. The van der Waals surface area contributed by atoms with Crippen LogP contribution >= 0.6 is 23.4 Å². The van der Waals surface area contributed by atoms with Gasteiger partial charge in [-0.15, -0.1) is 10.2 Å². The lowest BCUT2D eigenvalue weighted by Gasteiger charge is -2.11. The monoisotopic (exact) mass is 527 g/mol. The number of carbonyl (C=O) groups excluding carboxylic acids is 1. The zero-order valence-electron chi connectivity index (χ0n) is 19.9. The minimum absolute atomic E-state index is 0.142. The highest BCUT2D eigenvalue weighted by Gasteiger charge is 2.20. The molecule has 184 valence electrons. The average Bonchev–Trinajstić information content (AvgIpc) is 3.65. The Hall–Kier alpha value is -4.01. The Labute approximate surface area is 222 Å². The van der Waals surface area contributed by atoms with E-state index in [1.54, 1.807) is 18.4 Å². The van der Waals surface area contributed by atoms with E-state index in [1.807, 2.05) is 53.1 Å². The molecule has 0 spiro atoms. The molecule has 0 aliphatic rings. The first-order valence-corrected chi connectivity index (χ1v) is 13.2. The molecule has 0 bridgehead atoms. The number of carbonyl (C=O) groups is 1. The SMILES string of the molecule is CCn1c2ccccc2c2cc(NC(=O)CSc3nnc(-c4ccco4)n3-c3ccccc3Cl)ccc21. The Bertz CT molecular complexity index is 1740. The summed E-state index contributed by atoms with van der Waals surface area (Å²) >= 11 is 7.78. The normalized spacial score (nSPS) is 11.4. The molecular weight excluding hydrogens is 506 g/mol. The fourth-order valence-electron chi connectivity index (χ4n) is 4.58. The van der Waals surface area contributed by atoms with Crippen molar-refractivity contribution in [2.45, 2.75) is 18.6 Å². The van der Waals surface area contributed by atoms with Gasteiger partial charge in [-0.3, -0.25) is 9.36 Å². The van der Waals surface area contributed by atoms with Crippen molar-refractivity contribution >= 4 is 56.8 Å².